The van der Waals surface area contributed by atoms with Gasteiger partial charge < -0.3 is 20.7 Å². The number of rotatable bonds is 5. The van der Waals surface area contributed by atoms with Crippen LogP contribution in [0.5, 0.6) is 0 Å². The molecule has 0 aromatic carbocycles. The Hall–Kier alpha value is -2.42. The predicted octanol–water partition coefficient (Wildman–Crippen LogP) is 1.12. The summed E-state index contributed by atoms with van der Waals surface area (Å²) in [6.45, 7) is 1.97. The maximum Gasteiger partial charge on any atom is 0.355 e. The number of carboxylic acid groups (broad SMARTS) is 1. The van der Waals surface area contributed by atoms with E-state index in [4.69, 9.17) is 5.11 Å². The van der Waals surface area contributed by atoms with Gasteiger partial charge in [0.2, 0.25) is 0 Å². The first-order valence-corrected chi connectivity index (χ1v) is 6.65. The summed E-state index contributed by atoms with van der Waals surface area (Å²) in [4.78, 5) is 33.1. The molecular formula is C11H13N5O3S. The quantitative estimate of drug-likeness (QED) is 0.659. The Morgan fingerprint density at radius 3 is 2.95 bits per heavy atom. The van der Waals surface area contributed by atoms with Gasteiger partial charge in [-0.2, -0.15) is 0 Å². The molecule has 2 aromatic heterocycles. The van der Waals surface area contributed by atoms with E-state index >= 15 is 0 Å². The summed E-state index contributed by atoms with van der Waals surface area (Å²) in [5, 5.41) is 16.0. The third kappa shape index (κ3) is 3.54. The average molecular weight is 295 g/mol. The van der Waals surface area contributed by atoms with Crippen LogP contribution in [0.25, 0.3) is 0 Å². The van der Waals surface area contributed by atoms with E-state index in [-0.39, 0.29) is 24.3 Å². The number of urea groups is 1. The van der Waals surface area contributed by atoms with Crippen LogP contribution in [0.3, 0.4) is 0 Å². The second-order valence-electron chi connectivity index (χ2n) is 3.95. The lowest BCUT2D eigenvalue weighted by Gasteiger charge is -2.11. The first kappa shape index (κ1) is 14.0. The Morgan fingerprint density at radius 2 is 2.35 bits per heavy atom. The minimum atomic E-state index is -1.08. The second-order valence-corrected chi connectivity index (χ2v) is 4.90. The maximum absolute atomic E-state index is 11.7. The number of nitrogens with zero attached hydrogens (tertiary/aromatic N) is 2. The normalized spacial score (nSPS) is 11.8. The average Bonchev–Trinajstić information content (AvgIpc) is 3.07. The molecule has 0 spiro atoms. The van der Waals surface area contributed by atoms with Crippen LogP contribution in [0.15, 0.2) is 17.8 Å². The fourth-order valence-corrected chi connectivity index (χ4v) is 2.18. The van der Waals surface area contributed by atoms with Crippen LogP contribution in [-0.4, -0.2) is 32.1 Å². The van der Waals surface area contributed by atoms with Crippen molar-refractivity contribution in [2.75, 3.05) is 0 Å². The summed E-state index contributed by atoms with van der Waals surface area (Å²) >= 11 is 1.18. The molecule has 2 rings (SSSR count). The molecular weight excluding hydrogens is 282 g/mol. The Bertz CT molecular complexity index is 595. The van der Waals surface area contributed by atoms with Gasteiger partial charge in [0, 0.05) is 17.8 Å². The van der Waals surface area contributed by atoms with Crippen LogP contribution < -0.4 is 10.6 Å². The summed E-state index contributed by atoms with van der Waals surface area (Å²) in [5.41, 5.74) is -0.0174. The minimum Gasteiger partial charge on any atom is -0.476 e. The van der Waals surface area contributed by atoms with E-state index in [1.807, 2.05) is 0 Å². The van der Waals surface area contributed by atoms with Crippen molar-refractivity contribution >= 4 is 23.3 Å². The van der Waals surface area contributed by atoms with Gasteiger partial charge in [0.05, 0.1) is 12.6 Å². The van der Waals surface area contributed by atoms with Gasteiger partial charge in [-0.05, 0) is 6.92 Å². The number of H-pyrrole nitrogens is 1. The molecule has 0 aliphatic heterocycles. The van der Waals surface area contributed by atoms with Crippen LogP contribution >= 0.6 is 11.3 Å². The highest BCUT2D eigenvalue weighted by Crippen LogP contribution is 2.09. The molecule has 0 saturated carbocycles. The van der Waals surface area contributed by atoms with Gasteiger partial charge in [-0.25, -0.2) is 19.6 Å². The Morgan fingerprint density at radius 1 is 1.55 bits per heavy atom. The molecule has 0 saturated heterocycles. The van der Waals surface area contributed by atoms with E-state index in [1.54, 1.807) is 19.3 Å². The Balaban J connectivity index is 1.81. The number of aromatic amines is 1. The Labute approximate surface area is 118 Å². The molecule has 20 heavy (non-hydrogen) atoms. The number of aromatic nitrogens is 3. The number of carboxylic acids is 1. The summed E-state index contributed by atoms with van der Waals surface area (Å²) in [5.74, 6) is -0.425. The van der Waals surface area contributed by atoms with Crippen molar-refractivity contribution in [3.05, 3.63) is 34.3 Å². The van der Waals surface area contributed by atoms with Crippen LogP contribution in [0.1, 0.15) is 34.3 Å². The number of imidazole rings is 1. The standard InChI is InChI=1S/C11H13N5O3S/c1-6(9-12-2-3-13-9)15-11(19)14-4-8-16-7(5-20-8)10(17)18/h2-3,5-6H,4H2,1H3,(H,12,13)(H,17,18)(H2,14,15,19). The third-order valence-corrected chi connectivity index (χ3v) is 3.30. The van der Waals surface area contributed by atoms with Crippen molar-refractivity contribution in [2.45, 2.75) is 19.5 Å². The lowest BCUT2D eigenvalue weighted by molar-refractivity contribution is 0.0691. The van der Waals surface area contributed by atoms with Gasteiger partial charge in [-0.1, -0.05) is 0 Å². The zero-order valence-corrected chi connectivity index (χ0v) is 11.4. The summed E-state index contributed by atoms with van der Waals surface area (Å²) in [7, 11) is 0. The second kappa shape index (κ2) is 6.15. The third-order valence-electron chi connectivity index (χ3n) is 2.45. The van der Waals surface area contributed by atoms with Gasteiger partial charge in [-0.3, -0.25) is 0 Å². The smallest absolute Gasteiger partial charge is 0.355 e. The maximum atomic E-state index is 11.7. The zero-order chi connectivity index (χ0) is 14.5. The lowest BCUT2D eigenvalue weighted by Crippen LogP contribution is -2.36. The van der Waals surface area contributed by atoms with E-state index in [0.29, 0.717) is 10.8 Å². The number of amides is 2. The molecule has 1 atom stereocenters. The molecule has 0 fully saturated rings. The van der Waals surface area contributed by atoms with Crippen molar-refractivity contribution < 1.29 is 14.7 Å². The topological polar surface area (TPSA) is 120 Å². The fraction of sp³-hybridized carbons (Fsp3) is 0.273. The number of hydrogen-bond acceptors (Lipinski definition) is 5. The van der Waals surface area contributed by atoms with Crippen LogP contribution in [0, 0.1) is 0 Å². The molecule has 106 valence electrons. The molecule has 9 heteroatoms. The molecule has 4 N–H and O–H groups in total. The molecule has 8 nitrogen and oxygen atoms in total. The van der Waals surface area contributed by atoms with E-state index in [2.05, 4.69) is 25.6 Å². The van der Waals surface area contributed by atoms with Crippen molar-refractivity contribution in [1.29, 1.82) is 0 Å². The van der Waals surface area contributed by atoms with Crippen LogP contribution in [0.4, 0.5) is 4.79 Å². The summed E-state index contributed by atoms with van der Waals surface area (Å²) in [6, 6.07) is -0.628. The Kier molecular flexibility index (Phi) is 4.31. The van der Waals surface area contributed by atoms with Crippen molar-refractivity contribution in [2.24, 2.45) is 0 Å². The van der Waals surface area contributed by atoms with Crippen LogP contribution in [0.2, 0.25) is 0 Å². The van der Waals surface area contributed by atoms with Gasteiger partial charge in [0.1, 0.15) is 10.8 Å². The van der Waals surface area contributed by atoms with E-state index in [1.165, 1.54) is 16.7 Å². The highest BCUT2D eigenvalue weighted by atomic mass is 32.1. The van der Waals surface area contributed by atoms with E-state index in [0.717, 1.165) is 0 Å². The molecule has 0 aliphatic carbocycles. The van der Waals surface area contributed by atoms with E-state index < -0.39 is 5.97 Å². The number of thiazole rings is 1. The van der Waals surface area contributed by atoms with Crippen molar-refractivity contribution in [3.63, 3.8) is 0 Å². The molecule has 2 amide bonds. The van der Waals surface area contributed by atoms with Gasteiger partial charge >= 0.3 is 12.0 Å². The zero-order valence-electron chi connectivity index (χ0n) is 10.6. The number of carbonyl (C=O) groups excluding carboxylic acids is 1. The molecule has 0 bridgehead atoms. The molecule has 0 radical (unpaired) electrons. The first-order valence-electron chi connectivity index (χ1n) is 5.77. The monoisotopic (exact) mass is 295 g/mol. The first-order chi connectivity index (χ1) is 9.56. The van der Waals surface area contributed by atoms with Crippen molar-refractivity contribution in [3.8, 4) is 0 Å². The van der Waals surface area contributed by atoms with Gasteiger partial charge in [0.25, 0.3) is 0 Å². The number of nitrogens with one attached hydrogen (secondary N) is 3. The molecule has 2 heterocycles. The van der Waals surface area contributed by atoms with Crippen molar-refractivity contribution in [1.82, 2.24) is 25.6 Å². The fourth-order valence-electron chi connectivity index (χ4n) is 1.48. The minimum absolute atomic E-state index is 0.0174. The summed E-state index contributed by atoms with van der Waals surface area (Å²) < 4.78 is 0. The molecule has 2 aromatic rings. The summed E-state index contributed by atoms with van der Waals surface area (Å²) in [6.07, 6.45) is 3.28. The molecule has 0 aliphatic rings. The lowest BCUT2D eigenvalue weighted by atomic mass is 10.3. The van der Waals surface area contributed by atoms with Gasteiger partial charge in [-0.15, -0.1) is 11.3 Å². The predicted molar refractivity (Wildman–Crippen MR) is 71.4 cm³/mol. The largest absolute Gasteiger partial charge is 0.476 e. The van der Waals surface area contributed by atoms with E-state index in [9.17, 15) is 9.59 Å². The number of hydrogen-bond donors (Lipinski definition) is 4. The van der Waals surface area contributed by atoms with Crippen LogP contribution in [-0.2, 0) is 6.54 Å². The number of aromatic carboxylic acids is 1. The highest BCUT2D eigenvalue weighted by Gasteiger charge is 2.12. The highest BCUT2D eigenvalue weighted by molar-refractivity contribution is 7.09. The number of carbonyl (C=O) groups is 2. The SMILES string of the molecule is CC(NC(=O)NCc1nc(C(=O)O)cs1)c1ncc[nH]1. The molecule has 1 unspecified atom stereocenters. The van der Waals surface area contributed by atoms with Gasteiger partial charge in [0.15, 0.2) is 5.69 Å².